The normalized spacial score (nSPS) is 18.2. The van der Waals surface area contributed by atoms with E-state index >= 15 is 0 Å². The van der Waals surface area contributed by atoms with Crippen LogP contribution in [0.1, 0.15) is 69.8 Å². The predicted molar refractivity (Wildman–Crippen MR) is 130 cm³/mol. The molecule has 0 atom stereocenters. The number of hydrogen-bond acceptors (Lipinski definition) is 2. The van der Waals surface area contributed by atoms with Gasteiger partial charge in [0.2, 0.25) is 5.91 Å². The smallest absolute Gasteiger partial charge is 0.243 e. The molecule has 5 rings (SSSR count). The molecule has 2 aliphatic rings. The van der Waals surface area contributed by atoms with Gasteiger partial charge < -0.3 is 9.47 Å². The van der Waals surface area contributed by atoms with Crippen molar-refractivity contribution in [3.63, 3.8) is 0 Å². The Bertz CT molecular complexity index is 1040. The highest BCUT2D eigenvalue weighted by Crippen LogP contribution is 2.32. The minimum absolute atomic E-state index is 0.278. The van der Waals surface area contributed by atoms with Gasteiger partial charge in [-0.15, -0.1) is 0 Å². The van der Waals surface area contributed by atoms with Gasteiger partial charge in [-0.25, -0.2) is 4.98 Å². The van der Waals surface area contributed by atoms with Gasteiger partial charge in [0, 0.05) is 17.6 Å². The average Bonchev–Trinajstić information content (AvgIpc) is 3.19. The zero-order chi connectivity index (χ0) is 21.9. The van der Waals surface area contributed by atoms with Gasteiger partial charge in [-0.1, -0.05) is 80.5 Å². The number of carbonyl (C=O) groups is 1. The highest BCUT2D eigenvalue weighted by atomic mass is 16.2. The maximum Gasteiger partial charge on any atom is 0.243 e. The van der Waals surface area contributed by atoms with Gasteiger partial charge in [0.15, 0.2) is 0 Å². The second-order valence-electron chi connectivity index (χ2n) is 9.76. The van der Waals surface area contributed by atoms with E-state index in [2.05, 4.69) is 46.7 Å². The SMILES string of the molecule is Cc1ccc(-c2nc3ccccc3n2CC(=O)N(C2CCCCC2)C2CCCCC2)cc1. The van der Waals surface area contributed by atoms with Crippen molar-refractivity contribution in [1.82, 2.24) is 14.5 Å². The lowest BCUT2D eigenvalue weighted by Gasteiger charge is -2.42. The molecule has 2 fully saturated rings. The summed E-state index contributed by atoms with van der Waals surface area (Å²) in [5.41, 5.74) is 4.30. The molecule has 0 N–H and O–H groups in total. The third kappa shape index (κ3) is 4.32. The molecule has 2 saturated carbocycles. The molecule has 32 heavy (non-hydrogen) atoms. The zero-order valence-electron chi connectivity index (χ0n) is 19.3. The lowest BCUT2D eigenvalue weighted by Crippen LogP contribution is -2.50. The van der Waals surface area contributed by atoms with Crippen LogP contribution in [0.3, 0.4) is 0 Å². The summed E-state index contributed by atoms with van der Waals surface area (Å²) >= 11 is 0. The molecule has 0 bridgehead atoms. The molecular formula is C28H35N3O. The van der Waals surface area contributed by atoms with Gasteiger partial charge in [0.25, 0.3) is 0 Å². The number of benzene rings is 2. The van der Waals surface area contributed by atoms with Crippen LogP contribution >= 0.6 is 0 Å². The van der Waals surface area contributed by atoms with Crippen molar-refractivity contribution >= 4 is 16.9 Å². The number of carbonyl (C=O) groups excluding carboxylic acids is 1. The zero-order valence-corrected chi connectivity index (χ0v) is 19.3. The number of nitrogens with zero attached hydrogens (tertiary/aromatic N) is 3. The second-order valence-corrected chi connectivity index (χ2v) is 9.76. The van der Waals surface area contributed by atoms with Crippen molar-refractivity contribution in [2.45, 2.75) is 89.8 Å². The number of aryl methyl sites for hydroxylation is 1. The molecule has 4 heteroatoms. The Hall–Kier alpha value is -2.62. The molecule has 4 nitrogen and oxygen atoms in total. The molecule has 3 aromatic rings. The molecule has 0 radical (unpaired) electrons. The van der Waals surface area contributed by atoms with Crippen molar-refractivity contribution in [3.05, 3.63) is 54.1 Å². The molecule has 2 aromatic carbocycles. The highest BCUT2D eigenvalue weighted by molar-refractivity contribution is 5.85. The fourth-order valence-corrected chi connectivity index (χ4v) is 5.80. The summed E-state index contributed by atoms with van der Waals surface area (Å²) in [6, 6.07) is 17.5. The molecule has 0 spiro atoms. The first-order valence-corrected chi connectivity index (χ1v) is 12.5. The van der Waals surface area contributed by atoms with E-state index in [0.29, 0.717) is 18.6 Å². The Morgan fingerprint density at radius 3 is 2.09 bits per heavy atom. The predicted octanol–water partition coefficient (Wildman–Crippen LogP) is 6.51. The summed E-state index contributed by atoms with van der Waals surface area (Å²) in [5, 5.41) is 0. The number of rotatable bonds is 5. The fraction of sp³-hybridized carbons (Fsp3) is 0.500. The second kappa shape index (κ2) is 9.48. The van der Waals surface area contributed by atoms with E-state index in [1.54, 1.807) is 0 Å². The van der Waals surface area contributed by atoms with Crippen LogP contribution < -0.4 is 0 Å². The van der Waals surface area contributed by atoms with E-state index in [1.165, 1.54) is 44.1 Å². The molecule has 0 aliphatic heterocycles. The van der Waals surface area contributed by atoms with Crippen molar-refractivity contribution in [1.29, 1.82) is 0 Å². The molecule has 1 heterocycles. The lowest BCUT2D eigenvalue weighted by atomic mass is 9.88. The molecule has 0 saturated heterocycles. The van der Waals surface area contributed by atoms with Gasteiger partial charge in [0.1, 0.15) is 12.4 Å². The van der Waals surface area contributed by atoms with Gasteiger partial charge in [-0.05, 0) is 44.7 Å². The van der Waals surface area contributed by atoms with E-state index in [4.69, 9.17) is 4.98 Å². The summed E-state index contributed by atoms with van der Waals surface area (Å²) < 4.78 is 2.15. The number of aromatic nitrogens is 2. The first-order chi connectivity index (χ1) is 15.7. The van der Waals surface area contributed by atoms with Crippen molar-refractivity contribution in [3.8, 4) is 11.4 Å². The number of fused-ring (bicyclic) bond motifs is 1. The third-order valence-electron chi connectivity index (χ3n) is 7.48. The van der Waals surface area contributed by atoms with Crippen LogP contribution in [-0.2, 0) is 11.3 Å². The van der Waals surface area contributed by atoms with E-state index in [1.807, 2.05) is 18.2 Å². The maximum atomic E-state index is 14.0. The highest BCUT2D eigenvalue weighted by Gasteiger charge is 2.33. The van der Waals surface area contributed by atoms with Crippen molar-refractivity contribution < 1.29 is 4.79 Å². The quantitative estimate of drug-likeness (QED) is 0.464. The first kappa shape index (κ1) is 21.2. The first-order valence-electron chi connectivity index (χ1n) is 12.5. The number of imidazole rings is 1. The van der Waals surface area contributed by atoms with Gasteiger partial charge >= 0.3 is 0 Å². The van der Waals surface area contributed by atoms with Gasteiger partial charge in [0.05, 0.1) is 11.0 Å². The minimum atomic E-state index is 0.278. The molecule has 0 unspecified atom stereocenters. The average molecular weight is 430 g/mol. The van der Waals surface area contributed by atoms with Crippen LogP contribution in [0.4, 0.5) is 0 Å². The fourth-order valence-electron chi connectivity index (χ4n) is 5.80. The Labute approximate surface area is 191 Å². The molecule has 1 amide bonds. The van der Waals surface area contributed by atoms with E-state index < -0.39 is 0 Å². The van der Waals surface area contributed by atoms with Crippen LogP contribution in [0.25, 0.3) is 22.4 Å². The van der Waals surface area contributed by atoms with E-state index in [-0.39, 0.29) is 5.91 Å². The topological polar surface area (TPSA) is 38.1 Å². The minimum Gasteiger partial charge on any atom is -0.335 e. The molecule has 2 aliphatic carbocycles. The maximum absolute atomic E-state index is 14.0. The van der Waals surface area contributed by atoms with Crippen LogP contribution in [0, 0.1) is 6.92 Å². The van der Waals surface area contributed by atoms with Crippen LogP contribution in [-0.4, -0.2) is 32.4 Å². The lowest BCUT2D eigenvalue weighted by molar-refractivity contribution is -0.138. The molecule has 1 aromatic heterocycles. The number of para-hydroxylation sites is 2. The molecule has 168 valence electrons. The standard InChI is InChI=1S/C28H35N3O/c1-21-16-18-22(19-17-21)28-29-25-14-8-9-15-26(25)30(28)20-27(32)31(23-10-4-2-5-11-23)24-12-6-3-7-13-24/h8-9,14-19,23-24H,2-7,10-13,20H2,1H3. The van der Waals surface area contributed by atoms with Gasteiger partial charge in [-0.2, -0.15) is 0 Å². The van der Waals surface area contributed by atoms with Crippen LogP contribution in [0.2, 0.25) is 0 Å². The van der Waals surface area contributed by atoms with Crippen molar-refractivity contribution in [2.75, 3.05) is 0 Å². The number of amides is 1. The van der Waals surface area contributed by atoms with E-state index in [9.17, 15) is 4.79 Å². The van der Waals surface area contributed by atoms with Gasteiger partial charge in [-0.3, -0.25) is 4.79 Å². The van der Waals surface area contributed by atoms with Crippen LogP contribution in [0.5, 0.6) is 0 Å². The van der Waals surface area contributed by atoms with Crippen LogP contribution in [0.15, 0.2) is 48.5 Å². The largest absolute Gasteiger partial charge is 0.335 e. The summed E-state index contributed by atoms with van der Waals surface area (Å²) in [6.45, 7) is 2.47. The Morgan fingerprint density at radius 2 is 1.47 bits per heavy atom. The Kier molecular flexibility index (Phi) is 6.29. The number of hydrogen-bond donors (Lipinski definition) is 0. The Morgan fingerprint density at radius 1 is 0.875 bits per heavy atom. The Balaban J connectivity index is 1.50. The summed E-state index contributed by atoms with van der Waals surface area (Å²) in [5.74, 6) is 1.17. The van der Waals surface area contributed by atoms with Crippen molar-refractivity contribution in [2.24, 2.45) is 0 Å². The van der Waals surface area contributed by atoms with E-state index in [0.717, 1.165) is 48.1 Å². The summed E-state index contributed by atoms with van der Waals surface area (Å²) in [6.07, 6.45) is 12.3. The summed E-state index contributed by atoms with van der Waals surface area (Å²) in [4.78, 5) is 21.2. The monoisotopic (exact) mass is 429 g/mol. The third-order valence-corrected chi connectivity index (χ3v) is 7.48. The summed E-state index contributed by atoms with van der Waals surface area (Å²) in [7, 11) is 0. The molecular weight excluding hydrogens is 394 g/mol.